The predicted molar refractivity (Wildman–Crippen MR) is 76.7 cm³/mol. The minimum atomic E-state index is -0.900. The van der Waals surface area contributed by atoms with E-state index in [9.17, 15) is 9.59 Å². The average Bonchev–Trinajstić information content (AvgIpc) is 2.90. The number of para-hydroxylation sites is 1. The van der Waals surface area contributed by atoms with Crippen LogP contribution in [-0.4, -0.2) is 41.0 Å². The molecule has 0 aliphatic carbocycles. The van der Waals surface area contributed by atoms with Crippen molar-refractivity contribution in [2.75, 3.05) is 18.4 Å². The summed E-state index contributed by atoms with van der Waals surface area (Å²) >= 11 is 0. The topological polar surface area (TPSA) is 69.6 Å². The number of amides is 1. The van der Waals surface area contributed by atoms with E-state index in [-0.39, 0.29) is 5.91 Å². The average molecular weight is 276 g/mol. The third kappa shape index (κ3) is 3.29. The van der Waals surface area contributed by atoms with Gasteiger partial charge in [0.15, 0.2) is 0 Å². The molecule has 108 valence electrons. The summed E-state index contributed by atoms with van der Waals surface area (Å²) in [4.78, 5) is 24.6. The molecule has 1 aliphatic heterocycles. The summed E-state index contributed by atoms with van der Waals surface area (Å²) in [5.41, 5.74) is 2.14. The maximum Gasteiger partial charge on any atom is 0.326 e. The molecule has 5 heteroatoms. The number of rotatable bonds is 5. The Morgan fingerprint density at radius 3 is 2.85 bits per heavy atom. The van der Waals surface area contributed by atoms with Crippen molar-refractivity contribution in [3.63, 3.8) is 0 Å². The van der Waals surface area contributed by atoms with Crippen LogP contribution in [0.3, 0.4) is 0 Å². The number of nitrogens with zero attached hydrogens (tertiary/aromatic N) is 1. The van der Waals surface area contributed by atoms with Crippen LogP contribution in [0.5, 0.6) is 0 Å². The minimum absolute atomic E-state index is 0.0871. The monoisotopic (exact) mass is 276 g/mol. The van der Waals surface area contributed by atoms with E-state index >= 15 is 0 Å². The lowest BCUT2D eigenvalue weighted by Crippen LogP contribution is -2.40. The zero-order chi connectivity index (χ0) is 14.5. The maximum absolute atomic E-state index is 12.1. The quantitative estimate of drug-likeness (QED) is 0.861. The smallest absolute Gasteiger partial charge is 0.326 e. The Hall–Kier alpha value is -2.04. The molecule has 5 nitrogen and oxygen atoms in total. The van der Waals surface area contributed by atoms with Crippen molar-refractivity contribution < 1.29 is 14.7 Å². The molecule has 0 saturated carbocycles. The van der Waals surface area contributed by atoms with Gasteiger partial charge in [-0.3, -0.25) is 4.79 Å². The first-order valence-corrected chi connectivity index (χ1v) is 6.91. The molecule has 0 radical (unpaired) electrons. The Morgan fingerprint density at radius 2 is 2.15 bits per heavy atom. The zero-order valence-electron chi connectivity index (χ0n) is 11.6. The van der Waals surface area contributed by atoms with Crippen molar-refractivity contribution in [1.82, 2.24) is 4.90 Å². The van der Waals surface area contributed by atoms with Crippen molar-refractivity contribution in [2.45, 2.75) is 32.2 Å². The van der Waals surface area contributed by atoms with Crippen LogP contribution in [0, 0.1) is 6.92 Å². The fourth-order valence-electron chi connectivity index (χ4n) is 2.54. The molecule has 1 aromatic carbocycles. The van der Waals surface area contributed by atoms with Gasteiger partial charge in [0, 0.05) is 25.2 Å². The third-order valence-corrected chi connectivity index (χ3v) is 3.66. The fourth-order valence-corrected chi connectivity index (χ4v) is 2.54. The number of nitrogens with one attached hydrogen (secondary N) is 1. The van der Waals surface area contributed by atoms with Gasteiger partial charge >= 0.3 is 5.97 Å². The number of carbonyl (C=O) groups excluding carboxylic acids is 1. The van der Waals surface area contributed by atoms with E-state index in [4.69, 9.17) is 5.11 Å². The number of aliphatic carboxylic acids is 1. The first kappa shape index (κ1) is 14.4. The summed E-state index contributed by atoms with van der Waals surface area (Å²) < 4.78 is 0. The van der Waals surface area contributed by atoms with Crippen molar-refractivity contribution >= 4 is 17.6 Å². The fraction of sp³-hybridized carbons (Fsp3) is 0.467. The van der Waals surface area contributed by atoms with Gasteiger partial charge in [-0.15, -0.1) is 0 Å². The van der Waals surface area contributed by atoms with Crippen molar-refractivity contribution in [3.05, 3.63) is 29.8 Å². The van der Waals surface area contributed by atoms with E-state index < -0.39 is 12.0 Å². The maximum atomic E-state index is 12.1. The Balaban J connectivity index is 1.84. The first-order valence-electron chi connectivity index (χ1n) is 6.91. The molecule has 1 heterocycles. The number of hydrogen-bond acceptors (Lipinski definition) is 3. The van der Waals surface area contributed by atoms with Crippen LogP contribution < -0.4 is 5.32 Å². The molecule has 1 saturated heterocycles. The summed E-state index contributed by atoms with van der Waals surface area (Å²) in [6.07, 6.45) is 1.65. The number of benzene rings is 1. The van der Waals surface area contributed by atoms with Gasteiger partial charge in [-0.2, -0.15) is 0 Å². The number of carboxylic acid groups (broad SMARTS) is 1. The molecule has 0 aromatic heterocycles. The van der Waals surface area contributed by atoms with Crippen LogP contribution in [0.1, 0.15) is 24.8 Å². The summed E-state index contributed by atoms with van der Waals surface area (Å²) in [6, 6.07) is 7.24. The molecule has 2 N–H and O–H groups in total. The molecule has 1 aromatic rings. The molecule has 1 amide bonds. The molecule has 1 atom stereocenters. The second-order valence-electron chi connectivity index (χ2n) is 5.08. The Morgan fingerprint density at radius 1 is 1.40 bits per heavy atom. The highest BCUT2D eigenvalue weighted by molar-refractivity contribution is 5.84. The van der Waals surface area contributed by atoms with E-state index in [1.165, 1.54) is 4.90 Å². The molecule has 1 fully saturated rings. The lowest BCUT2D eigenvalue weighted by molar-refractivity contribution is -0.148. The minimum Gasteiger partial charge on any atom is -0.480 e. The first-order chi connectivity index (χ1) is 9.59. The lowest BCUT2D eigenvalue weighted by Gasteiger charge is -2.21. The highest BCUT2D eigenvalue weighted by Crippen LogP contribution is 2.19. The summed E-state index contributed by atoms with van der Waals surface area (Å²) in [6.45, 7) is 3.08. The molecular weight excluding hydrogens is 256 g/mol. The van der Waals surface area contributed by atoms with Crippen molar-refractivity contribution in [1.29, 1.82) is 0 Å². The standard InChI is InChI=1S/C15H20N2O3/c1-11-5-2-3-6-12(11)16-9-8-14(18)17-10-4-7-13(17)15(19)20/h2-3,5-6,13,16H,4,7-10H2,1H3,(H,19,20). The third-order valence-electron chi connectivity index (χ3n) is 3.66. The Bertz CT molecular complexity index is 502. The van der Waals surface area contributed by atoms with E-state index in [1.807, 2.05) is 31.2 Å². The number of likely N-dealkylation sites (tertiary alicyclic amines) is 1. The van der Waals surface area contributed by atoms with Gasteiger partial charge in [-0.05, 0) is 31.4 Å². The van der Waals surface area contributed by atoms with Crippen LogP contribution in [0.4, 0.5) is 5.69 Å². The van der Waals surface area contributed by atoms with Crippen LogP contribution in [0.2, 0.25) is 0 Å². The molecule has 1 aliphatic rings. The number of carboxylic acids is 1. The number of aryl methyl sites for hydroxylation is 1. The predicted octanol–water partition coefficient (Wildman–Crippen LogP) is 1.87. The van der Waals surface area contributed by atoms with Crippen molar-refractivity contribution in [3.8, 4) is 0 Å². The van der Waals surface area contributed by atoms with E-state index in [0.717, 1.165) is 17.7 Å². The van der Waals surface area contributed by atoms with E-state index in [1.54, 1.807) is 0 Å². The highest BCUT2D eigenvalue weighted by atomic mass is 16.4. The highest BCUT2D eigenvalue weighted by Gasteiger charge is 2.33. The van der Waals surface area contributed by atoms with Gasteiger partial charge in [0.25, 0.3) is 0 Å². The molecule has 0 bridgehead atoms. The van der Waals surface area contributed by atoms with E-state index in [2.05, 4.69) is 5.32 Å². The van der Waals surface area contributed by atoms with E-state index in [0.29, 0.717) is 25.9 Å². The van der Waals surface area contributed by atoms with Gasteiger partial charge in [0.05, 0.1) is 0 Å². The summed E-state index contributed by atoms with van der Waals surface area (Å²) in [7, 11) is 0. The van der Waals surface area contributed by atoms with Crippen LogP contribution in [-0.2, 0) is 9.59 Å². The van der Waals surface area contributed by atoms with Crippen molar-refractivity contribution in [2.24, 2.45) is 0 Å². The number of hydrogen-bond donors (Lipinski definition) is 2. The second kappa shape index (κ2) is 6.41. The SMILES string of the molecule is Cc1ccccc1NCCC(=O)N1CCCC1C(=O)O. The van der Waals surface area contributed by atoms with Gasteiger partial charge in [-0.1, -0.05) is 18.2 Å². The Labute approximate surface area is 118 Å². The number of carbonyl (C=O) groups is 2. The molecule has 0 spiro atoms. The summed E-state index contributed by atoms with van der Waals surface area (Å²) in [5.74, 6) is -0.987. The summed E-state index contributed by atoms with van der Waals surface area (Å²) in [5, 5.41) is 12.3. The van der Waals surface area contributed by atoms with Gasteiger partial charge < -0.3 is 15.3 Å². The van der Waals surface area contributed by atoms with Crippen LogP contribution in [0.25, 0.3) is 0 Å². The van der Waals surface area contributed by atoms with Crippen LogP contribution >= 0.6 is 0 Å². The molecule has 20 heavy (non-hydrogen) atoms. The number of anilines is 1. The van der Waals surface area contributed by atoms with Gasteiger partial charge in [0.2, 0.25) is 5.91 Å². The zero-order valence-corrected chi connectivity index (χ0v) is 11.6. The van der Waals surface area contributed by atoms with Gasteiger partial charge in [0.1, 0.15) is 6.04 Å². The lowest BCUT2D eigenvalue weighted by atomic mass is 10.2. The molecular formula is C15H20N2O3. The second-order valence-corrected chi connectivity index (χ2v) is 5.08. The largest absolute Gasteiger partial charge is 0.480 e. The van der Waals surface area contributed by atoms with Gasteiger partial charge in [-0.25, -0.2) is 4.79 Å². The molecule has 2 rings (SSSR count). The molecule has 1 unspecified atom stereocenters. The Kier molecular flexibility index (Phi) is 4.61. The van der Waals surface area contributed by atoms with Crippen LogP contribution in [0.15, 0.2) is 24.3 Å². The normalized spacial score (nSPS) is 18.1.